The number of hydrazone groups is 1. The highest BCUT2D eigenvalue weighted by Crippen LogP contribution is 2.25. The third-order valence-electron chi connectivity index (χ3n) is 3.93. The molecule has 3 rings (SSSR count). The lowest BCUT2D eigenvalue weighted by molar-refractivity contribution is -0.384. The van der Waals surface area contributed by atoms with Crippen molar-refractivity contribution in [2.45, 2.75) is 0 Å². The summed E-state index contributed by atoms with van der Waals surface area (Å²) in [5.41, 5.74) is 4.45. The first-order chi connectivity index (χ1) is 14.9. The fourth-order valence-electron chi connectivity index (χ4n) is 2.43. The Balaban J connectivity index is 1.51. The van der Waals surface area contributed by atoms with Crippen molar-refractivity contribution in [1.29, 1.82) is 0 Å². The number of nitro groups is 1. The molecule has 0 atom stereocenters. The molecule has 10 heteroatoms. The van der Waals surface area contributed by atoms with Gasteiger partial charge in [-0.15, -0.1) is 0 Å². The van der Waals surface area contributed by atoms with Crippen molar-refractivity contribution in [3.05, 3.63) is 93.2 Å². The van der Waals surface area contributed by atoms with Crippen molar-refractivity contribution in [2.24, 2.45) is 5.10 Å². The number of rotatable bonds is 8. The monoisotopic (exact) mass is 442 g/mol. The molecule has 0 unspecified atom stereocenters. The van der Waals surface area contributed by atoms with E-state index in [0.717, 1.165) is 0 Å². The van der Waals surface area contributed by atoms with Gasteiger partial charge in [0.1, 0.15) is 11.6 Å². The first-order valence-electron chi connectivity index (χ1n) is 8.92. The summed E-state index contributed by atoms with van der Waals surface area (Å²) in [6.07, 6.45) is 1.51. The molecule has 0 saturated carbocycles. The normalized spacial score (nSPS) is 10.6. The Kier molecular flexibility index (Phi) is 7.13. The zero-order chi connectivity index (χ0) is 22.2. The van der Waals surface area contributed by atoms with Crippen LogP contribution in [-0.4, -0.2) is 23.7 Å². The minimum Gasteiger partial charge on any atom is -0.482 e. The summed E-state index contributed by atoms with van der Waals surface area (Å²) in [5, 5.41) is 17.6. The van der Waals surface area contributed by atoms with Crippen LogP contribution in [0, 0.1) is 15.9 Å². The summed E-state index contributed by atoms with van der Waals surface area (Å²) in [6, 6.07) is 16.1. The topological polar surface area (TPSA) is 106 Å². The first-order valence-corrected chi connectivity index (χ1v) is 9.30. The van der Waals surface area contributed by atoms with Gasteiger partial charge in [0.05, 0.1) is 21.8 Å². The van der Waals surface area contributed by atoms with Gasteiger partial charge in [-0.05, 0) is 60.2 Å². The minimum absolute atomic E-state index is 0.0109. The molecule has 0 bridgehead atoms. The maximum absolute atomic E-state index is 12.9. The number of hydrogen-bond donors (Lipinski definition) is 2. The van der Waals surface area contributed by atoms with Gasteiger partial charge < -0.3 is 10.1 Å². The molecule has 0 spiro atoms. The van der Waals surface area contributed by atoms with Crippen molar-refractivity contribution < 1.29 is 18.8 Å². The molecule has 3 aromatic rings. The highest BCUT2D eigenvalue weighted by atomic mass is 35.5. The number of nitrogens with one attached hydrogen (secondary N) is 2. The van der Waals surface area contributed by atoms with Crippen LogP contribution in [0.15, 0.2) is 71.8 Å². The predicted octanol–water partition coefficient (Wildman–Crippen LogP) is 4.85. The number of nitrogens with zero attached hydrogens (tertiary/aromatic N) is 2. The molecular formula is C21H16ClFN4O4. The Bertz CT molecular complexity index is 1110. The standard InChI is InChI=1S/C21H16ClFN4O4/c22-19-11-14(12-24-26-17-6-8-18(9-7-17)27(29)30)1-10-20(19)31-13-21(28)25-16-4-2-15(23)3-5-16/h1-12,26H,13H2,(H,25,28)/b24-12+. The maximum atomic E-state index is 12.9. The summed E-state index contributed by atoms with van der Waals surface area (Å²) in [6.45, 7) is -0.272. The molecule has 0 radical (unpaired) electrons. The largest absolute Gasteiger partial charge is 0.482 e. The fourth-order valence-corrected chi connectivity index (χ4v) is 2.67. The van der Waals surface area contributed by atoms with E-state index in [1.165, 1.54) is 54.7 Å². The van der Waals surface area contributed by atoms with Crippen molar-refractivity contribution >= 4 is 40.8 Å². The molecule has 0 aliphatic rings. The number of benzene rings is 3. The molecule has 158 valence electrons. The van der Waals surface area contributed by atoms with Gasteiger partial charge in [0.2, 0.25) is 0 Å². The second kappa shape index (κ2) is 10.2. The van der Waals surface area contributed by atoms with Crippen molar-refractivity contribution in [1.82, 2.24) is 0 Å². The van der Waals surface area contributed by atoms with Crippen molar-refractivity contribution in [3.63, 3.8) is 0 Å². The predicted molar refractivity (Wildman–Crippen MR) is 116 cm³/mol. The molecule has 0 aliphatic heterocycles. The number of non-ortho nitro benzene ring substituents is 1. The Morgan fingerprint density at radius 1 is 1.10 bits per heavy atom. The van der Waals surface area contributed by atoms with Gasteiger partial charge in [0, 0.05) is 17.8 Å². The van der Waals surface area contributed by atoms with Crippen LogP contribution in [0.5, 0.6) is 5.75 Å². The Morgan fingerprint density at radius 3 is 2.42 bits per heavy atom. The van der Waals surface area contributed by atoms with Gasteiger partial charge in [-0.2, -0.15) is 5.10 Å². The molecule has 8 nitrogen and oxygen atoms in total. The van der Waals surface area contributed by atoms with Crippen LogP contribution in [0.1, 0.15) is 5.56 Å². The number of ether oxygens (including phenoxy) is 1. The summed E-state index contributed by atoms with van der Waals surface area (Å²) in [4.78, 5) is 22.1. The van der Waals surface area contributed by atoms with E-state index in [9.17, 15) is 19.3 Å². The van der Waals surface area contributed by atoms with E-state index in [4.69, 9.17) is 16.3 Å². The lowest BCUT2D eigenvalue weighted by Gasteiger charge is -2.09. The summed E-state index contributed by atoms with van der Waals surface area (Å²) in [5.74, 6) is -0.496. The second-order valence-electron chi connectivity index (χ2n) is 6.21. The van der Waals surface area contributed by atoms with E-state index in [-0.39, 0.29) is 17.3 Å². The highest BCUT2D eigenvalue weighted by molar-refractivity contribution is 6.32. The van der Waals surface area contributed by atoms with Gasteiger partial charge in [0.15, 0.2) is 6.61 Å². The van der Waals surface area contributed by atoms with Crippen LogP contribution in [0.3, 0.4) is 0 Å². The molecule has 0 aromatic heterocycles. The average molecular weight is 443 g/mol. The summed E-state index contributed by atoms with van der Waals surface area (Å²) in [7, 11) is 0. The molecule has 31 heavy (non-hydrogen) atoms. The zero-order valence-electron chi connectivity index (χ0n) is 15.9. The molecule has 0 fully saturated rings. The van der Waals surface area contributed by atoms with Gasteiger partial charge in [-0.25, -0.2) is 4.39 Å². The van der Waals surface area contributed by atoms with Crippen LogP contribution in [-0.2, 0) is 4.79 Å². The van der Waals surface area contributed by atoms with E-state index in [1.54, 1.807) is 18.2 Å². The molecule has 0 heterocycles. The number of nitro benzene ring substituents is 1. The Hall–Kier alpha value is -3.98. The van der Waals surface area contributed by atoms with Crippen LogP contribution in [0.25, 0.3) is 0 Å². The third-order valence-corrected chi connectivity index (χ3v) is 4.22. The van der Waals surface area contributed by atoms with Gasteiger partial charge >= 0.3 is 0 Å². The van der Waals surface area contributed by atoms with E-state index in [2.05, 4.69) is 15.8 Å². The Morgan fingerprint density at radius 2 is 1.77 bits per heavy atom. The number of halogens is 2. The van der Waals surface area contributed by atoms with Gasteiger partial charge in [0.25, 0.3) is 11.6 Å². The van der Waals surface area contributed by atoms with Crippen LogP contribution in [0.2, 0.25) is 5.02 Å². The van der Waals surface area contributed by atoms with E-state index in [0.29, 0.717) is 22.7 Å². The zero-order valence-corrected chi connectivity index (χ0v) is 16.7. The SMILES string of the molecule is O=C(COc1ccc(/C=N/Nc2ccc([N+](=O)[O-])cc2)cc1Cl)Nc1ccc(F)cc1. The van der Waals surface area contributed by atoms with Crippen LogP contribution >= 0.6 is 11.6 Å². The smallest absolute Gasteiger partial charge is 0.269 e. The van der Waals surface area contributed by atoms with Gasteiger partial charge in [-0.3, -0.25) is 20.3 Å². The minimum atomic E-state index is -0.481. The number of hydrogen-bond acceptors (Lipinski definition) is 6. The number of carbonyl (C=O) groups is 1. The summed E-state index contributed by atoms with van der Waals surface area (Å²) < 4.78 is 18.3. The van der Waals surface area contributed by atoms with E-state index in [1.807, 2.05) is 0 Å². The lowest BCUT2D eigenvalue weighted by atomic mass is 10.2. The molecule has 2 N–H and O–H groups in total. The maximum Gasteiger partial charge on any atom is 0.269 e. The van der Waals surface area contributed by atoms with E-state index < -0.39 is 16.6 Å². The quantitative estimate of drug-likeness (QED) is 0.294. The van der Waals surface area contributed by atoms with Crippen LogP contribution in [0.4, 0.5) is 21.5 Å². The third kappa shape index (κ3) is 6.51. The van der Waals surface area contributed by atoms with Gasteiger partial charge in [-0.1, -0.05) is 11.6 Å². The van der Waals surface area contributed by atoms with Crippen LogP contribution < -0.4 is 15.5 Å². The fraction of sp³-hybridized carbons (Fsp3) is 0.0476. The molecule has 3 aromatic carbocycles. The Labute approximate surface area is 181 Å². The highest BCUT2D eigenvalue weighted by Gasteiger charge is 2.07. The number of anilines is 2. The van der Waals surface area contributed by atoms with E-state index >= 15 is 0 Å². The lowest BCUT2D eigenvalue weighted by Crippen LogP contribution is -2.20. The summed E-state index contributed by atoms with van der Waals surface area (Å²) >= 11 is 6.19. The molecule has 1 amide bonds. The molecule has 0 saturated heterocycles. The second-order valence-corrected chi connectivity index (χ2v) is 6.61. The average Bonchev–Trinajstić information content (AvgIpc) is 2.75. The number of carbonyl (C=O) groups excluding carboxylic acids is 1. The molecular weight excluding hydrogens is 427 g/mol. The van der Waals surface area contributed by atoms with Crippen molar-refractivity contribution in [2.75, 3.05) is 17.3 Å². The number of amides is 1. The van der Waals surface area contributed by atoms with Crippen molar-refractivity contribution in [3.8, 4) is 5.75 Å². The first kappa shape index (κ1) is 21.7. The molecule has 0 aliphatic carbocycles.